The molecular weight excluding hydrogens is 320 g/mol. The van der Waals surface area contributed by atoms with Crippen LogP contribution < -0.4 is 10.9 Å². The molecule has 0 aliphatic heterocycles. The predicted molar refractivity (Wildman–Crippen MR) is 97.4 cm³/mol. The number of rotatable bonds is 5. The Balaban J connectivity index is 1.72. The van der Waals surface area contributed by atoms with Crippen LogP contribution in [-0.4, -0.2) is 16.9 Å². The van der Waals surface area contributed by atoms with E-state index >= 15 is 0 Å². The number of amides is 1. The molecule has 3 aromatic rings. The van der Waals surface area contributed by atoms with E-state index in [-0.39, 0.29) is 23.1 Å². The Morgan fingerprint density at radius 2 is 1.96 bits per heavy atom. The number of H-pyrrole nitrogens is 1. The van der Waals surface area contributed by atoms with Crippen LogP contribution in [0.3, 0.4) is 0 Å². The van der Waals surface area contributed by atoms with Gasteiger partial charge in [0.1, 0.15) is 5.56 Å². The average Bonchev–Trinajstić information content (AvgIpc) is 3.08. The average molecular weight is 338 g/mol. The van der Waals surface area contributed by atoms with Gasteiger partial charge in [-0.1, -0.05) is 30.3 Å². The van der Waals surface area contributed by atoms with Gasteiger partial charge in [-0.2, -0.15) is 11.3 Å². The van der Waals surface area contributed by atoms with E-state index < -0.39 is 0 Å². The van der Waals surface area contributed by atoms with Crippen molar-refractivity contribution in [1.82, 2.24) is 10.3 Å². The third-order valence-corrected chi connectivity index (χ3v) is 4.47. The molecule has 0 fully saturated rings. The minimum atomic E-state index is -0.378. The predicted octanol–water partition coefficient (Wildman–Crippen LogP) is 3.46. The number of aromatic amines is 1. The maximum Gasteiger partial charge on any atom is 0.261 e. The van der Waals surface area contributed by atoms with Crippen LogP contribution in [0.4, 0.5) is 0 Å². The Labute approximate surface area is 144 Å². The van der Waals surface area contributed by atoms with Crippen LogP contribution in [0.15, 0.2) is 64.1 Å². The lowest BCUT2D eigenvalue weighted by Crippen LogP contribution is -2.37. The van der Waals surface area contributed by atoms with Gasteiger partial charge in [-0.15, -0.1) is 0 Å². The number of hydrogen-bond acceptors (Lipinski definition) is 3. The second-order valence-electron chi connectivity index (χ2n) is 5.69. The normalized spacial score (nSPS) is 11.9. The van der Waals surface area contributed by atoms with Crippen molar-refractivity contribution in [3.63, 3.8) is 0 Å². The van der Waals surface area contributed by atoms with Gasteiger partial charge in [-0.05, 0) is 53.4 Å². The first-order valence-corrected chi connectivity index (χ1v) is 8.68. The molecule has 2 N–H and O–H groups in total. The molecule has 0 saturated heterocycles. The summed E-state index contributed by atoms with van der Waals surface area (Å²) in [7, 11) is 0. The number of thiophene rings is 1. The highest BCUT2D eigenvalue weighted by atomic mass is 32.1. The zero-order chi connectivity index (χ0) is 16.9. The fourth-order valence-electron chi connectivity index (χ4n) is 2.55. The maximum atomic E-state index is 12.3. The van der Waals surface area contributed by atoms with Crippen LogP contribution in [0.5, 0.6) is 0 Å². The summed E-state index contributed by atoms with van der Waals surface area (Å²) in [4.78, 5) is 27.3. The molecule has 3 rings (SSSR count). The van der Waals surface area contributed by atoms with Crippen LogP contribution in [0, 0.1) is 0 Å². The lowest BCUT2D eigenvalue weighted by molar-refractivity contribution is 0.0938. The summed E-state index contributed by atoms with van der Waals surface area (Å²) in [5, 5.41) is 6.95. The highest BCUT2D eigenvalue weighted by molar-refractivity contribution is 7.07. The van der Waals surface area contributed by atoms with Gasteiger partial charge >= 0.3 is 0 Å². The van der Waals surface area contributed by atoms with E-state index in [0.29, 0.717) is 5.69 Å². The SMILES string of the molecule is CC(Cc1ccsc1)NC(=O)c1ccc(-c2ccccc2)[nH]c1=O. The van der Waals surface area contributed by atoms with Gasteiger partial charge in [0, 0.05) is 11.7 Å². The minimum absolute atomic E-state index is 0.0414. The van der Waals surface area contributed by atoms with Crippen molar-refractivity contribution >= 4 is 17.2 Å². The van der Waals surface area contributed by atoms with Crippen LogP contribution >= 0.6 is 11.3 Å². The third-order valence-electron chi connectivity index (χ3n) is 3.74. The summed E-state index contributed by atoms with van der Waals surface area (Å²) >= 11 is 1.63. The summed E-state index contributed by atoms with van der Waals surface area (Å²) in [5.74, 6) is -0.349. The molecule has 0 bridgehead atoms. The number of nitrogens with one attached hydrogen (secondary N) is 2. The van der Waals surface area contributed by atoms with Crippen molar-refractivity contribution in [2.45, 2.75) is 19.4 Å². The molecule has 1 atom stereocenters. The second-order valence-corrected chi connectivity index (χ2v) is 6.47. The van der Waals surface area contributed by atoms with E-state index in [2.05, 4.69) is 15.7 Å². The molecule has 24 heavy (non-hydrogen) atoms. The Kier molecular flexibility index (Phi) is 4.91. The molecule has 122 valence electrons. The molecule has 2 aromatic heterocycles. The Bertz CT molecular complexity index is 870. The molecule has 0 spiro atoms. The molecule has 0 radical (unpaired) electrons. The smallest absolute Gasteiger partial charge is 0.261 e. The lowest BCUT2D eigenvalue weighted by Gasteiger charge is -2.13. The fraction of sp³-hybridized carbons (Fsp3) is 0.158. The monoisotopic (exact) mass is 338 g/mol. The third kappa shape index (κ3) is 3.81. The molecular formula is C19H18N2O2S. The first-order chi connectivity index (χ1) is 11.6. The van der Waals surface area contributed by atoms with Gasteiger partial charge in [0.05, 0.1) is 0 Å². The van der Waals surface area contributed by atoms with Gasteiger partial charge < -0.3 is 10.3 Å². The van der Waals surface area contributed by atoms with Crippen molar-refractivity contribution in [1.29, 1.82) is 0 Å². The molecule has 2 heterocycles. The van der Waals surface area contributed by atoms with Crippen molar-refractivity contribution in [2.24, 2.45) is 0 Å². The van der Waals surface area contributed by atoms with Crippen LogP contribution in [0.25, 0.3) is 11.3 Å². The Morgan fingerprint density at radius 3 is 2.62 bits per heavy atom. The number of aromatic nitrogens is 1. The largest absolute Gasteiger partial charge is 0.349 e. The van der Waals surface area contributed by atoms with E-state index in [1.807, 2.05) is 48.7 Å². The summed E-state index contributed by atoms with van der Waals surface area (Å²) in [6.45, 7) is 1.93. The highest BCUT2D eigenvalue weighted by Crippen LogP contribution is 2.14. The van der Waals surface area contributed by atoms with E-state index in [0.717, 1.165) is 12.0 Å². The first kappa shape index (κ1) is 16.2. The molecule has 0 aliphatic rings. The summed E-state index contributed by atoms with van der Waals surface area (Å²) in [6, 6.07) is 14.9. The van der Waals surface area contributed by atoms with Gasteiger partial charge in [-0.25, -0.2) is 0 Å². The number of carbonyl (C=O) groups excluding carboxylic acids is 1. The van der Waals surface area contributed by atoms with Gasteiger partial charge in [0.15, 0.2) is 0 Å². The number of benzene rings is 1. The topological polar surface area (TPSA) is 62.0 Å². The molecule has 1 aromatic carbocycles. The van der Waals surface area contributed by atoms with E-state index in [1.54, 1.807) is 23.5 Å². The number of carbonyl (C=O) groups is 1. The van der Waals surface area contributed by atoms with Crippen LogP contribution in [0.2, 0.25) is 0 Å². The van der Waals surface area contributed by atoms with E-state index in [4.69, 9.17) is 0 Å². The molecule has 5 heteroatoms. The number of hydrogen-bond donors (Lipinski definition) is 2. The van der Waals surface area contributed by atoms with E-state index in [1.165, 1.54) is 5.56 Å². The van der Waals surface area contributed by atoms with Crippen LogP contribution in [0.1, 0.15) is 22.8 Å². The standard InChI is InChI=1S/C19H18N2O2S/c1-13(11-14-9-10-24-12-14)20-18(22)16-7-8-17(21-19(16)23)15-5-3-2-4-6-15/h2-10,12-13H,11H2,1H3,(H,20,22)(H,21,23). The van der Waals surface area contributed by atoms with Crippen molar-refractivity contribution < 1.29 is 4.79 Å². The minimum Gasteiger partial charge on any atom is -0.349 e. The highest BCUT2D eigenvalue weighted by Gasteiger charge is 2.14. The van der Waals surface area contributed by atoms with Crippen molar-refractivity contribution in [3.05, 3.63) is 80.8 Å². The number of pyridine rings is 1. The molecule has 0 saturated carbocycles. The van der Waals surface area contributed by atoms with Crippen molar-refractivity contribution in [2.75, 3.05) is 0 Å². The van der Waals surface area contributed by atoms with E-state index in [9.17, 15) is 9.59 Å². The summed E-state index contributed by atoms with van der Waals surface area (Å²) in [6.07, 6.45) is 0.745. The summed E-state index contributed by atoms with van der Waals surface area (Å²) < 4.78 is 0. The molecule has 1 unspecified atom stereocenters. The quantitative estimate of drug-likeness (QED) is 0.748. The lowest BCUT2D eigenvalue weighted by atomic mass is 10.1. The van der Waals surface area contributed by atoms with Gasteiger partial charge in [0.25, 0.3) is 11.5 Å². The molecule has 1 amide bonds. The Hall–Kier alpha value is -2.66. The maximum absolute atomic E-state index is 12.3. The fourth-order valence-corrected chi connectivity index (χ4v) is 3.24. The summed E-state index contributed by atoms with van der Waals surface area (Å²) in [5.41, 5.74) is 2.54. The van der Waals surface area contributed by atoms with Gasteiger partial charge in [-0.3, -0.25) is 9.59 Å². The molecule has 4 nitrogen and oxygen atoms in total. The van der Waals surface area contributed by atoms with Gasteiger partial charge in [0.2, 0.25) is 0 Å². The Morgan fingerprint density at radius 1 is 1.17 bits per heavy atom. The van der Waals surface area contributed by atoms with Crippen molar-refractivity contribution in [3.8, 4) is 11.3 Å². The zero-order valence-corrected chi connectivity index (χ0v) is 14.1. The zero-order valence-electron chi connectivity index (χ0n) is 13.3. The second kappa shape index (κ2) is 7.27. The molecule has 0 aliphatic carbocycles. The van der Waals surface area contributed by atoms with Crippen LogP contribution in [-0.2, 0) is 6.42 Å². The first-order valence-electron chi connectivity index (χ1n) is 7.74.